The normalized spacial score (nSPS) is 11.1. The van der Waals surface area contributed by atoms with Crippen molar-refractivity contribution in [2.75, 3.05) is 11.9 Å². The summed E-state index contributed by atoms with van der Waals surface area (Å²) in [6.45, 7) is 1.58. The van der Waals surface area contributed by atoms with E-state index in [2.05, 4.69) is 10.3 Å². The number of esters is 1. The summed E-state index contributed by atoms with van der Waals surface area (Å²) in [4.78, 5) is 28.4. The molecule has 0 aliphatic carbocycles. The fourth-order valence-corrected chi connectivity index (χ4v) is 3.10. The molecular weight excluding hydrogens is 362 g/mol. The van der Waals surface area contributed by atoms with E-state index in [0.29, 0.717) is 16.5 Å². The van der Waals surface area contributed by atoms with Crippen LogP contribution in [0.1, 0.15) is 11.3 Å². The first kappa shape index (κ1) is 17.2. The molecule has 0 radical (unpaired) electrons. The number of aryl methyl sites for hydroxylation is 1. The van der Waals surface area contributed by atoms with Gasteiger partial charge in [0.05, 0.1) is 5.69 Å². The van der Waals surface area contributed by atoms with Crippen LogP contribution in [0.5, 0.6) is 0 Å². The molecule has 0 unspecified atom stereocenters. The summed E-state index contributed by atoms with van der Waals surface area (Å²) in [5.41, 5.74) is 2.32. The molecule has 2 heterocycles. The third kappa shape index (κ3) is 4.26. The number of hydrogen-bond donors (Lipinski definition) is 1. The minimum Gasteiger partial charge on any atom is -0.452 e. The first-order chi connectivity index (χ1) is 12.0. The Morgan fingerprint density at radius 2 is 2.12 bits per heavy atom. The Morgan fingerprint density at radius 3 is 2.88 bits per heavy atom. The smallest absolute Gasteiger partial charge is 0.331 e. The van der Waals surface area contributed by atoms with E-state index < -0.39 is 11.9 Å². The lowest BCUT2D eigenvalue weighted by Crippen LogP contribution is -2.20. The predicted octanol–water partition coefficient (Wildman–Crippen LogP) is 3.55. The average Bonchev–Trinajstić information content (AvgIpc) is 3.14. The van der Waals surface area contributed by atoms with Gasteiger partial charge in [0.2, 0.25) is 0 Å². The number of hydrogen-bond acceptors (Lipinski definition) is 5. The second-order valence-electron chi connectivity index (χ2n) is 5.20. The molecule has 0 fully saturated rings. The van der Waals surface area contributed by atoms with E-state index in [1.165, 1.54) is 23.5 Å². The van der Waals surface area contributed by atoms with Crippen molar-refractivity contribution in [2.45, 2.75) is 6.92 Å². The number of anilines is 1. The monoisotopic (exact) mass is 375 g/mol. The van der Waals surface area contributed by atoms with Crippen molar-refractivity contribution in [3.05, 3.63) is 58.3 Å². The number of amides is 1. The zero-order valence-corrected chi connectivity index (χ0v) is 14.8. The van der Waals surface area contributed by atoms with Crippen LogP contribution in [0.2, 0.25) is 5.15 Å². The highest BCUT2D eigenvalue weighted by atomic mass is 35.5. The number of rotatable bonds is 5. The number of imidazole rings is 1. The lowest BCUT2D eigenvalue weighted by Gasteiger charge is -2.05. The lowest BCUT2D eigenvalue weighted by molar-refractivity contribution is -0.142. The Labute approximate surface area is 152 Å². The van der Waals surface area contributed by atoms with Crippen LogP contribution in [0.4, 0.5) is 5.69 Å². The van der Waals surface area contributed by atoms with Crippen molar-refractivity contribution in [2.24, 2.45) is 0 Å². The zero-order valence-electron chi connectivity index (χ0n) is 13.2. The van der Waals surface area contributed by atoms with E-state index in [1.807, 2.05) is 24.4 Å². The molecule has 25 heavy (non-hydrogen) atoms. The molecular formula is C17H14ClN3O3S. The molecule has 0 atom stereocenters. The molecule has 2 aromatic heterocycles. The van der Waals surface area contributed by atoms with Gasteiger partial charge in [0.1, 0.15) is 0 Å². The number of halogens is 1. The second-order valence-corrected chi connectivity index (χ2v) is 6.43. The predicted molar refractivity (Wildman–Crippen MR) is 97.9 cm³/mol. The first-order valence-corrected chi connectivity index (χ1v) is 8.61. The van der Waals surface area contributed by atoms with Crippen LogP contribution in [0.15, 0.2) is 41.9 Å². The van der Waals surface area contributed by atoms with Crippen LogP contribution >= 0.6 is 22.9 Å². The van der Waals surface area contributed by atoms with Gasteiger partial charge in [-0.1, -0.05) is 29.3 Å². The molecule has 1 amide bonds. The standard InChI is InChI=1S/C17H14ClN3O3S/c1-11-2-4-12(5-3-11)19-14(22)10-24-15(23)7-6-13-16(18)20-17-21(13)8-9-25-17/h2-9H,10H2,1H3,(H,19,22). The average molecular weight is 376 g/mol. The number of carbonyl (C=O) groups is 2. The maximum Gasteiger partial charge on any atom is 0.331 e. The first-order valence-electron chi connectivity index (χ1n) is 7.35. The molecule has 0 aliphatic rings. The van der Waals surface area contributed by atoms with Gasteiger partial charge < -0.3 is 10.1 Å². The van der Waals surface area contributed by atoms with Crippen LogP contribution < -0.4 is 5.32 Å². The van der Waals surface area contributed by atoms with E-state index in [4.69, 9.17) is 16.3 Å². The second kappa shape index (κ2) is 7.50. The molecule has 0 saturated heterocycles. The van der Waals surface area contributed by atoms with E-state index in [-0.39, 0.29) is 6.61 Å². The maximum atomic E-state index is 11.8. The maximum absolute atomic E-state index is 11.8. The van der Waals surface area contributed by atoms with E-state index >= 15 is 0 Å². The van der Waals surface area contributed by atoms with Gasteiger partial charge in [-0.05, 0) is 25.1 Å². The number of ether oxygens (including phenoxy) is 1. The molecule has 1 N–H and O–H groups in total. The summed E-state index contributed by atoms with van der Waals surface area (Å²) in [5, 5.41) is 4.81. The van der Waals surface area contributed by atoms with Gasteiger partial charge in [-0.2, -0.15) is 0 Å². The molecule has 3 rings (SSSR count). The Bertz CT molecular complexity index is 944. The molecule has 8 heteroatoms. The number of benzene rings is 1. The summed E-state index contributed by atoms with van der Waals surface area (Å²) >= 11 is 7.47. The van der Waals surface area contributed by atoms with Crippen molar-refractivity contribution >= 4 is 51.5 Å². The largest absolute Gasteiger partial charge is 0.452 e. The van der Waals surface area contributed by atoms with Crippen molar-refractivity contribution in [1.29, 1.82) is 0 Å². The summed E-state index contributed by atoms with van der Waals surface area (Å²) in [6.07, 6.45) is 4.53. The van der Waals surface area contributed by atoms with Crippen LogP contribution in [-0.2, 0) is 14.3 Å². The molecule has 0 saturated carbocycles. The number of thiazole rings is 1. The van der Waals surface area contributed by atoms with Gasteiger partial charge in [0, 0.05) is 23.3 Å². The minimum absolute atomic E-state index is 0.299. The van der Waals surface area contributed by atoms with Crippen molar-refractivity contribution < 1.29 is 14.3 Å². The lowest BCUT2D eigenvalue weighted by atomic mass is 10.2. The summed E-state index contributed by atoms with van der Waals surface area (Å²) in [5.74, 6) is -1.05. The van der Waals surface area contributed by atoms with Crippen LogP contribution in [0.3, 0.4) is 0 Å². The fourth-order valence-electron chi connectivity index (χ4n) is 2.09. The van der Waals surface area contributed by atoms with Crippen LogP contribution in [-0.4, -0.2) is 27.9 Å². The fraction of sp³-hybridized carbons (Fsp3) is 0.118. The summed E-state index contributed by atoms with van der Waals surface area (Å²) < 4.78 is 6.69. The van der Waals surface area contributed by atoms with E-state index in [1.54, 1.807) is 22.7 Å². The highest BCUT2D eigenvalue weighted by Gasteiger charge is 2.10. The molecule has 0 aliphatic heterocycles. The Hall–Kier alpha value is -2.64. The van der Waals surface area contributed by atoms with Gasteiger partial charge in [-0.15, -0.1) is 11.3 Å². The molecule has 0 bridgehead atoms. The van der Waals surface area contributed by atoms with Crippen LogP contribution in [0, 0.1) is 6.92 Å². The number of aromatic nitrogens is 2. The van der Waals surface area contributed by atoms with Gasteiger partial charge in [-0.25, -0.2) is 9.78 Å². The molecule has 128 valence electrons. The van der Waals surface area contributed by atoms with Gasteiger partial charge in [-0.3, -0.25) is 9.20 Å². The van der Waals surface area contributed by atoms with Crippen molar-refractivity contribution in [3.63, 3.8) is 0 Å². The van der Waals surface area contributed by atoms with Crippen molar-refractivity contribution in [3.8, 4) is 0 Å². The number of nitrogens with one attached hydrogen (secondary N) is 1. The van der Waals surface area contributed by atoms with Gasteiger partial charge in [0.25, 0.3) is 5.91 Å². The molecule has 6 nitrogen and oxygen atoms in total. The van der Waals surface area contributed by atoms with E-state index in [9.17, 15) is 9.59 Å². The molecule has 0 spiro atoms. The molecule has 3 aromatic rings. The number of carbonyl (C=O) groups excluding carboxylic acids is 2. The minimum atomic E-state index is -0.639. The quantitative estimate of drug-likeness (QED) is 0.546. The Balaban J connectivity index is 1.54. The summed E-state index contributed by atoms with van der Waals surface area (Å²) in [7, 11) is 0. The third-order valence-electron chi connectivity index (χ3n) is 3.31. The van der Waals surface area contributed by atoms with Crippen molar-refractivity contribution in [1.82, 2.24) is 9.38 Å². The van der Waals surface area contributed by atoms with Gasteiger partial charge in [0.15, 0.2) is 16.7 Å². The van der Waals surface area contributed by atoms with Crippen LogP contribution in [0.25, 0.3) is 11.0 Å². The molecule has 1 aromatic carbocycles. The highest BCUT2D eigenvalue weighted by molar-refractivity contribution is 7.15. The highest BCUT2D eigenvalue weighted by Crippen LogP contribution is 2.22. The SMILES string of the molecule is Cc1ccc(NC(=O)COC(=O)C=Cc2c(Cl)nc3sccn23)cc1. The van der Waals surface area contributed by atoms with E-state index in [0.717, 1.165) is 10.5 Å². The Kier molecular flexibility index (Phi) is 5.16. The topological polar surface area (TPSA) is 72.7 Å². The Morgan fingerprint density at radius 1 is 1.36 bits per heavy atom. The number of fused-ring (bicyclic) bond motifs is 1. The van der Waals surface area contributed by atoms with Gasteiger partial charge >= 0.3 is 5.97 Å². The summed E-state index contributed by atoms with van der Waals surface area (Å²) in [6, 6.07) is 7.32. The zero-order chi connectivity index (χ0) is 17.8. The number of nitrogens with zero attached hydrogens (tertiary/aromatic N) is 2. The third-order valence-corrected chi connectivity index (χ3v) is 4.35.